The summed E-state index contributed by atoms with van der Waals surface area (Å²) in [6, 6.07) is 0. The molecule has 0 aliphatic carbocycles. The fourth-order valence-corrected chi connectivity index (χ4v) is 2.75. The van der Waals surface area contributed by atoms with Crippen LogP contribution in [-0.2, 0) is 0 Å². The molecule has 1 aliphatic rings. The molecule has 0 atom stereocenters. The van der Waals surface area contributed by atoms with Crippen molar-refractivity contribution < 1.29 is 4.74 Å². The van der Waals surface area contributed by atoms with E-state index >= 15 is 0 Å². The fraction of sp³-hybridized carbons (Fsp3) is 0.667. The van der Waals surface area contributed by atoms with Crippen LogP contribution in [0.4, 0.5) is 5.82 Å². The molecule has 1 aromatic heterocycles. The van der Waals surface area contributed by atoms with Gasteiger partial charge in [0.25, 0.3) is 0 Å². The van der Waals surface area contributed by atoms with Gasteiger partial charge in [-0.15, -0.1) is 0 Å². The average Bonchev–Trinajstić information content (AvgIpc) is 2.41. The molecule has 5 nitrogen and oxygen atoms in total. The molecule has 0 spiro atoms. The van der Waals surface area contributed by atoms with Crippen LogP contribution in [0.5, 0.6) is 5.88 Å². The molecule has 100 valence electrons. The van der Waals surface area contributed by atoms with Gasteiger partial charge in [-0.05, 0) is 6.92 Å². The molecule has 0 bridgehead atoms. The van der Waals surface area contributed by atoms with Crippen LogP contribution in [0.25, 0.3) is 0 Å². The highest BCUT2D eigenvalue weighted by atomic mass is 79.9. The van der Waals surface area contributed by atoms with Gasteiger partial charge in [0, 0.05) is 38.1 Å². The Morgan fingerprint density at radius 3 is 2.61 bits per heavy atom. The summed E-state index contributed by atoms with van der Waals surface area (Å²) in [6.07, 6.45) is 1.58. The Hall–Kier alpha value is -0.880. The van der Waals surface area contributed by atoms with Gasteiger partial charge in [0.15, 0.2) is 0 Å². The van der Waals surface area contributed by atoms with Crippen molar-refractivity contribution in [1.29, 1.82) is 0 Å². The lowest BCUT2D eigenvalue weighted by atomic mass is 10.2. The molecule has 0 aromatic carbocycles. The number of alkyl halides is 1. The minimum Gasteiger partial charge on any atom is -0.481 e. The molecule has 0 amide bonds. The molecule has 2 rings (SSSR count). The van der Waals surface area contributed by atoms with Gasteiger partial charge in [-0.2, -0.15) is 0 Å². The van der Waals surface area contributed by atoms with Gasteiger partial charge in [0.1, 0.15) is 12.1 Å². The van der Waals surface area contributed by atoms with Crippen LogP contribution in [0.2, 0.25) is 0 Å². The Kier molecular flexibility index (Phi) is 4.77. The lowest BCUT2D eigenvalue weighted by Crippen LogP contribution is -2.47. The SMILES string of the molecule is COc1ncnc(N2CCN(CCBr)CC2)c1C. The number of hydrogen-bond donors (Lipinski definition) is 0. The van der Waals surface area contributed by atoms with Crippen molar-refractivity contribution in [2.75, 3.05) is 50.1 Å². The van der Waals surface area contributed by atoms with Crippen molar-refractivity contribution in [3.05, 3.63) is 11.9 Å². The highest BCUT2D eigenvalue weighted by molar-refractivity contribution is 9.09. The third-order valence-corrected chi connectivity index (χ3v) is 3.63. The second-order valence-corrected chi connectivity index (χ2v) is 5.14. The van der Waals surface area contributed by atoms with Crippen LogP contribution < -0.4 is 9.64 Å². The average molecular weight is 315 g/mol. The van der Waals surface area contributed by atoms with Gasteiger partial charge in [0.05, 0.1) is 12.7 Å². The molecular weight excluding hydrogens is 296 g/mol. The first-order valence-corrected chi connectivity index (χ1v) is 7.27. The van der Waals surface area contributed by atoms with Crippen LogP contribution in [0.3, 0.4) is 0 Å². The molecule has 0 unspecified atom stereocenters. The third kappa shape index (κ3) is 2.92. The largest absolute Gasteiger partial charge is 0.481 e. The predicted molar refractivity (Wildman–Crippen MR) is 75.8 cm³/mol. The summed E-state index contributed by atoms with van der Waals surface area (Å²) in [7, 11) is 1.65. The Labute approximate surface area is 116 Å². The summed E-state index contributed by atoms with van der Waals surface area (Å²) in [5, 5.41) is 1.04. The third-order valence-electron chi connectivity index (χ3n) is 3.28. The lowest BCUT2D eigenvalue weighted by Gasteiger charge is -2.35. The molecule has 18 heavy (non-hydrogen) atoms. The minimum absolute atomic E-state index is 0.669. The minimum atomic E-state index is 0.669. The topological polar surface area (TPSA) is 41.5 Å². The van der Waals surface area contributed by atoms with E-state index in [4.69, 9.17) is 4.74 Å². The van der Waals surface area contributed by atoms with Crippen LogP contribution in [-0.4, -0.2) is 60.0 Å². The number of halogens is 1. The summed E-state index contributed by atoms with van der Waals surface area (Å²) >= 11 is 3.48. The Morgan fingerprint density at radius 2 is 2.00 bits per heavy atom. The summed E-state index contributed by atoms with van der Waals surface area (Å²) < 4.78 is 5.24. The molecule has 1 aliphatic heterocycles. The van der Waals surface area contributed by atoms with Gasteiger partial charge in [0.2, 0.25) is 5.88 Å². The van der Waals surface area contributed by atoms with Crippen molar-refractivity contribution >= 4 is 21.7 Å². The van der Waals surface area contributed by atoms with E-state index in [1.165, 1.54) is 0 Å². The summed E-state index contributed by atoms with van der Waals surface area (Å²) in [4.78, 5) is 13.3. The van der Waals surface area contributed by atoms with Crippen molar-refractivity contribution in [3.8, 4) is 5.88 Å². The van der Waals surface area contributed by atoms with Gasteiger partial charge < -0.3 is 9.64 Å². The van der Waals surface area contributed by atoms with Gasteiger partial charge >= 0.3 is 0 Å². The number of piperazine rings is 1. The molecule has 2 heterocycles. The second-order valence-electron chi connectivity index (χ2n) is 4.35. The maximum atomic E-state index is 5.24. The first-order chi connectivity index (χ1) is 8.76. The number of methoxy groups -OCH3 is 1. The number of aromatic nitrogens is 2. The zero-order valence-corrected chi connectivity index (χ0v) is 12.5. The summed E-state index contributed by atoms with van der Waals surface area (Å²) in [5.41, 5.74) is 1.02. The van der Waals surface area contributed by atoms with Gasteiger partial charge in [-0.25, -0.2) is 9.97 Å². The van der Waals surface area contributed by atoms with E-state index in [-0.39, 0.29) is 0 Å². The second kappa shape index (κ2) is 6.33. The molecule has 0 N–H and O–H groups in total. The van der Waals surface area contributed by atoms with E-state index in [2.05, 4.69) is 35.7 Å². The number of anilines is 1. The predicted octanol–water partition coefficient (Wildman–Crippen LogP) is 1.31. The molecule has 0 radical (unpaired) electrons. The Balaban J connectivity index is 2.05. The maximum absolute atomic E-state index is 5.24. The first-order valence-electron chi connectivity index (χ1n) is 6.15. The van der Waals surface area contributed by atoms with Crippen LogP contribution in [0.15, 0.2) is 6.33 Å². The molecule has 1 fully saturated rings. The van der Waals surface area contributed by atoms with E-state index in [1.54, 1.807) is 13.4 Å². The van der Waals surface area contributed by atoms with Crippen molar-refractivity contribution in [1.82, 2.24) is 14.9 Å². The molecule has 6 heteroatoms. The summed E-state index contributed by atoms with van der Waals surface area (Å²) in [6.45, 7) is 7.30. The standard InChI is InChI=1S/C12H19BrN4O/c1-10-11(14-9-15-12(10)18-2)17-7-5-16(4-3-13)6-8-17/h9H,3-8H2,1-2H3. The number of rotatable bonds is 4. The molecular formula is C12H19BrN4O. The molecule has 1 aromatic rings. The normalized spacial score (nSPS) is 16.9. The van der Waals surface area contributed by atoms with E-state index < -0.39 is 0 Å². The lowest BCUT2D eigenvalue weighted by molar-refractivity contribution is 0.273. The zero-order valence-electron chi connectivity index (χ0n) is 10.9. The van der Waals surface area contributed by atoms with Crippen molar-refractivity contribution in [2.24, 2.45) is 0 Å². The maximum Gasteiger partial charge on any atom is 0.221 e. The zero-order chi connectivity index (χ0) is 13.0. The fourth-order valence-electron chi connectivity index (χ4n) is 2.25. The monoisotopic (exact) mass is 314 g/mol. The molecule has 0 saturated carbocycles. The quantitative estimate of drug-likeness (QED) is 0.784. The van der Waals surface area contributed by atoms with E-state index in [9.17, 15) is 0 Å². The van der Waals surface area contributed by atoms with Crippen LogP contribution >= 0.6 is 15.9 Å². The van der Waals surface area contributed by atoms with E-state index in [0.29, 0.717) is 5.88 Å². The Morgan fingerprint density at radius 1 is 1.28 bits per heavy atom. The Bertz CT molecular complexity index is 394. The van der Waals surface area contributed by atoms with Gasteiger partial charge in [-0.3, -0.25) is 4.90 Å². The van der Waals surface area contributed by atoms with Gasteiger partial charge in [-0.1, -0.05) is 15.9 Å². The highest BCUT2D eigenvalue weighted by Crippen LogP contribution is 2.24. The molecule has 1 saturated heterocycles. The van der Waals surface area contributed by atoms with E-state index in [0.717, 1.165) is 49.4 Å². The van der Waals surface area contributed by atoms with Crippen LogP contribution in [0.1, 0.15) is 5.56 Å². The smallest absolute Gasteiger partial charge is 0.221 e. The van der Waals surface area contributed by atoms with E-state index in [1.807, 2.05) is 6.92 Å². The number of ether oxygens (including phenoxy) is 1. The number of nitrogens with zero attached hydrogens (tertiary/aromatic N) is 4. The summed E-state index contributed by atoms with van der Waals surface area (Å²) in [5.74, 6) is 1.67. The first kappa shape index (κ1) is 13.5. The highest BCUT2D eigenvalue weighted by Gasteiger charge is 2.20. The van der Waals surface area contributed by atoms with Crippen LogP contribution in [0, 0.1) is 6.92 Å². The van der Waals surface area contributed by atoms with Crippen molar-refractivity contribution in [2.45, 2.75) is 6.92 Å². The number of hydrogen-bond acceptors (Lipinski definition) is 5. The van der Waals surface area contributed by atoms with Crippen molar-refractivity contribution in [3.63, 3.8) is 0 Å².